The van der Waals surface area contributed by atoms with E-state index in [1.165, 1.54) is 6.26 Å². The molecule has 0 radical (unpaired) electrons. The molecule has 0 saturated carbocycles. The van der Waals surface area contributed by atoms with Crippen LogP contribution in [0.4, 0.5) is 0 Å². The van der Waals surface area contributed by atoms with E-state index in [-0.39, 0.29) is 12.6 Å². The molecule has 24 heavy (non-hydrogen) atoms. The molecule has 0 spiro atoms. The van der Waals surface area contributed by atoms with Crippen molar-refractivity contribution >= 4 is 11.7 Å². The fourth-order valence-electron chi connectivity index (χ4n) is 2.46. The number of ether oxygens (including phenoxy) is 2. The summed E-state index contributed by atoms with van der Waals surface area (Å²) in [5.74, 6) is 1.55. The lowest BCUT2D eigenvalue weighted by Crippen LogP contribution is -2.54. The number of nitrogens with one attached hydrogen (secondary N) is 1. The van der Waals surface area contributed by atoms with Gasteiger partial charge in [-0.3, -0.25) is 10.2 Å². The van der Waals surface area contributed by atoms with Gasteiger partial charge >= 0.3 is 5.91 Å². The first kappa shape index (κ1) is 14.4. The number of amides is 1. The second kappa shape index (κ2) is 5.19. The van der Waals surface area contributed by atoms with Gasteiger partial charge < -0.3 is 18.7 Å². The van der Waals surface area contributed by atoms with Gasteiger partial charge in [0.15, 0.2) is 23.1 Å². The summed E-state index contributed by atoms with van der Waals surface area (Å²) >= 11 is 0. The third kappa shape index (κ3) is 2.32. The maximum atomic E-state index is 12.3. The predicted octanol–water partition coefficient (Wildman–Crippen LogP) is 2.08. The molecule has 1 aromatic carbocycles. The fraction of sp³-hybridized carbons (Fsp3) is 0.250. The minimum absolute atomic E-state index is 0.187. The first-order valence-corrected chi connectivity index (χ1v) is 7.35. The van der Waals surface area contributed by atoms with E-state index in [1.807, 2.05) is 6.07 Å². The number of amidine groups is 1. The first-order valence-electron chi connectivity index (χ1n) is 7.35. The number of fused-ring (bicyclic) bond motifs is 1. The van der Waals surface area contributed by atoms with Crippen molar-refractivity contribution < 1.29 is 23.5 Å². The maximum absolute atomic E-state index is 12.3. The van der Waals surface area contributed by atoms with Gasteiger partial charge in [-0.1, -0.05) is 5.16 Å². The number of hydrazine groups is 1. The smallest absolute Gasteiger partial charge is 0.305 e. The summed E-state index contributed by atoms with van der Waals surface area (Å²) in [6, 6.07) is 8.63. The number of nitrogens with zero attached hydrogens (tertiary/aromatic N) is 2. The van der Waals surface area contributed by atoms with E-state index in [1.54, 1.807) is 43.1 Å². The number of furan rings is 1. The minimum atomic E-state index is -0.853. The van der Waals surface area contributed by atoms with Crippen molar-refractivity contribution in [3.8, 4) is 11.5 Å². The van der Waals surface area contributed by atoms with Gasteiger partial charge in [0.25, 0.3) is 0 Å². The second-order valence-corrected chi connectivity index (χ2v) is 5.77. The van der Waals surface area contributed by atoms with Gasteiger partial charge in [0, 0.05) is 5.56 Å². The van der Waals surface area contributed by atoms with E-state index in [0.29, 0.717) is 17.3 Å². The third-order valence-corrected chi connectivity index (χ3v) is 3.69. The molecule has 0 saturated heterocycles. The van der Waals surface area contributed by atoms with Crippen LogP contribution in [0.5, 0.6) is 11.5 Å². The number of hydrogen-bond acceptors (Lipinski definition) is 7. The quantitative estimate of drug-likeness (QED) is 0.928. The Kier molecular flexibility index (Phi) is 3.12. The molecule has 2 aliphatic rings. The van der Waals surface area contributed by atoms with E-state index in [9.17, 15) is 4.79 Å². The summed E-state index contributed by atoms with van der Waals surface area (Å²) in [5, 5.41) is 5.65. The zero-order valence-electron chi connectivity index (χ0n) is 13.1. The molecule has 8 nitrogen and oxygen atoms in total. The van der Waals surface area contributed by atoms with Gasteiger partial charge in [-0.2, -0.15) is 0 Å². The topological polar surface area (TPSA) is 85.5 Å². The molecule has 0 bridgehead atoms. The van der Waals surface area contributed by atoms with Crippen LogP contribution >= 0.6 is 0 Å². The Balaban J connectivity index is 1.63. The maximum Gasteiger partial charge on any atom is 0.305 e. The van der Waals surface area contributed by atoms with Crippen molar-refractivity contribution in [3.63, 3.8) is 0 Å². The average Bonchev–Trinajstić information content (AvgIpc) is 3.28. The summed E-state index contributed by atoms with van der Waals surface area (Å²) in [5.41, 5.74) is 2.63. The molecule has 0 unspecified atom stereocenters. The predicted molar refractivity (Wildman–Crippen MR) is 82.3 cm³/mol. The van der Waals surface area contributed by atoms with Crippen molar-refractivity contribution in [3.05, 3.63) is 47.9 Å². The summed E-state index contributed by atoms with van der Waals surface area (Å²) in [6.07, 6.45) is 1.44. The van der Waals surface area contributed by atoms with Crippen LogP contribution in [0, 0.1) is 0 Å². The van der Waals surface area contributed by atoms with E-state index < -0.39 is 11.6 Å². The van der Waals surface area contributed by atoms with Gasteiger partial charge in [-0.05, 0) is 44.2 Å². The van der Waals surface area contributed by atoms with Crippen LogP contribution in [-0.2, 0) is 4.84 Å². The highest BCUT2D eigenvalue weighted by Gasteiger charge is 2.40. The van der Waals surface area contributed by atoms with Crippen LogP contribution in [0.3, 0.4) is 0 Å². The molecule has 1 aromatic heterocycles. The van der Waals surface area contributed by atoms with E-state index in [4.69, 9.17) is 18.7 Å². The largest absolute Gasteiger partial charge is 0.459 e. The highest BCUT2D eigenvalue weighted by atomic mass is 16.7. The Morgan fingerprint density at radius 2 is 2.08 bits per heavy atom. The molecule has 124 valence electrons. The summed E-state index contributed by atoms with van der Waals surface area (Å²) in [4.78, 5) is 17.8. The van der Waals surface area contributed by atoms with Crippen molar-refractivity contribution in [1.82, 2.24) is 10.4 Å². The summed E-state index contributed by atoms with van der Waals surface area (Å²) < 4.78 is 15.8. The van der Waals surface area contributed by atoms with Crippen LogP contribution in [0.15, 0.2) is 46.2 Å². The highest BCUT2D eigenvalue weighted by molar-refractivity contribution is 6.02. The zero-order valence-corrected chi connectivity index (χ0v) is 13.1. The van der Waals surface area contributed by atoms with Crippen molar-refractivity contribution in [2.75, 3.05) is 6.79 Å². The van der Waals surface area contributed by atoms with Crippen LogP contribution in [-0.4, -0.2) is 29.3 Å². The zero-order chi connectivity index (χ0) is 16.7. The Morgan fingerprint density at radius 3 is 2.88 bits per heavy atom. The molecule has 0 fully saturated rings. The number of oxime groups is 1. The molecule has 1 amide bonds. The molecule has 2 aliphatic heterocycles. The molecular weight excluding hydrogens is 314 g/mol. The van der Waals surface area contributed by atoms with Crippen LogP contribution in [0.2, 0.25) is 0 Å². The van der Waals surface area contributed by atoms with Gasteiger partial charge in [0.1, 0.15) is 0 Å². The van der Waals surface area contributed by atoms with Gasteiger partial charge in [-0.25, -0.2) is 5.01 Å². The number of hydrogen-bond donors (Lipinski definition) is 1. The van der Waals surface area contributed by atoms with E-state index in [0.717, 1.165) is 5.56 Å². The molecule has 4 rings (SSSR count). The number of rotatable bonds is 3. The Bertz CT molecular complexity index is 813. The molecular formula is C16H15N3O5. The summed E-state index contributed by atoms with van der Waals surface area (Å²) in [7, 11) is 0. The van der Waals surface area contributed by atoms with E-state index >= 15 is 0 Å². The van der Waals surface area contributed by atoms with Gasteiger partial charge in [-0.15, -0.1) is 0 Å². The highest BCUT2D eigenvalue weighted by Crippen LogP contribution is 2.34. The normalized spacial score (nSPS) is 17.4. The Hall–Kier alpha value is -3.16. The Morgan fingerprint density at radius 1 is 1.25 bits per heavy atom. The van der Waals surface area contributed by atoms with Gasteiger partial charge in [0.05, 0.1) is 6.26 Å². The number of benzene rings is 1. The fourth-order valence-corrected chi connectivity index (χ4v) is 2.46. The van der Waals surface area contributed by atoms with Crippen LogP contribution in [0.25, 0.3) is 0 Å². The molecule has 8 heteroatoms. The Labute approximate surface area is 137 Å². The SMILES string of the molecule is CC1(C)ON=C(c2ccc3c(c2)OCO3)N1NC(=O)c1ccco1. The molecule has 1 N–H and O–H groups in total. The lowest BCUT2D eigenvalue weighted by Gasteiger charge is -2.30. The van der Waals surface area contributed by atoms with Crippen LogP contribution < -0.4 is 14.9 Å². The first-order chi connectivity index (χ1) is 11.5. The van der Waals surface area contributed by atoms with Crippen molar-refractivity contribution in [2.45, 2.75) is 19.6 Å². The lowest BCUT2D eigenvalue weighted by molar-refractivity contribution is -0.0826. The third-order valence-electron chi connectivity index (χ3n) is 3.69. The standard InChI is InChI=1S/C16H15N3O5/c1-16(2)19(17-15(20)12-4-3-7-21-12)14(18-24-16)10-5-6-11-13(8-10)23-9-22-11/h3-8H,9H2,1-2H3,(H,17,20). The molecule has 0 aliphatic carbocycles. The van der Waals surface area contributed by atoms with Crippen LogP contribution in [0.1, 0.15) is 30.0 Å². The molecule has 3 heterocycles. The van der Waals surface area contributed by atoms with Crippen molar-refractivity contribution in [1.29, 1.82) is 0 Å². The second-order valence-electron chi connectivity index (χ2n) is 5.77. The molecule has 0 atom stereocenters. The molecule has 2 aromatic rings. The minimum Gasteiger partial charge on any atom is -0.459 e. The number of carbonyl (C=O) groups excluding carboxylic acids is 1. The monoisotopic (exact) mass is 329 g/mol. The number of carbonyl (C=O) groups is 1. The van der Waals surface area contributed by atoms with E-state index in [2.05, 4.69) is 10.6 Å². The lowest BCUT2D eigenvalue weighted by atomic mass is 10.1. The average molecular weight is 329 g/mol. The van der Waals surface area contributed by atoms with Gasteiger partial charge in [0.2, 0.25) is 12.5 Å². The summed E-state index contributed by atoms with van der Waals surface area (Å²) in [6.45, 7) is 3.77. The van der Waals surface area contributed by atoms with Crippen molar-refractivity contribution in [2.24, 2.45) is 5.16 Å².